The molecule has 0 spiro atoms. The molecule has 6 nitrogen and oxygen atoms in total. The van der Waals surface area contributed by atoms with Crippen LogP contribution < -0.4 is 5.32 Å². The van der Waals surface area contributed by atoms with Crippen LogP contribution in [0.25, 0.3) is 0 Å². The number of rotatable bonds is 4. The van der Waals surface area contributed by atoms with Crippen molar-refractivity contribution in [3.05, 3.63) is 59.7 Å². The van der Waals surface area contributed by atoms with Crippen molar-refractivity contribution in [1.82, 2.24) is 4.90 Å². The van der Waals surface area contributed by atoms with E-state index in [-0.39, 0.29) is 16.1 Å². The lowest BCUT2D eigenvalue weighted by atomic mass is 10.2. The third kappa shape index (κ3) is 4.30. The van der Waals surface area contributed by atoms with Gasteiger partial charge in [0, 0.05) is 31.8 Å². The molecule has 1 fully saturated rings. The third-order valence-electron chi connectivity index (χ3n) is 4.15. The summed E-state index contributed by atoms with van der Waals surface area (Å²) in [5, 5.41) is 2.44. The summed E-state index contributed by atoms with van der Waals surface area (Å²) in [5.41, 5.74) is -0.0444. The van der Waals surface area contributed by atoms with Crippen LogP contribution in [0.5, 0.6) is 0 Å². The Kier molecular flexibility index (Phi) is 5.22. The largest absolute Gasteiger partial charge is 0.362 e. The molecule has 142 valence electrons. The molecule has 0 aromatic heterocycles. The standard InChI is InChI=1S/C18H17F2N3O3S/c1-23-10-2-3-17(23)22-27(25,26)14-7-5-13(6-8-14)21-18(24)15-9-4-12(19)11-16(15)20/h4-9,11H,2-3,10H2,1H3,(H,21,24)/b22-17-. The van der Waals surface area contributed by atoms with Crippen molar-refractivity contribution in [3.8, 4) is 0 Å². The molecule has 0 atom stereocenters. The number of anilines is 1. The van der Waals surface area contributed by atoms with Crippen LogP contribution in [0.1, 0.15) is 23.2 Å². The smallest absolute Gasteiger partial charge is 0.283 e. The van der Waals surface area contributed by atoms with Gasteiger partial charge in [0.15, 0.2) is 0 Å². The third-order valence-corrected chi connectivity index (χ3v) is 5.46. The van der Waals surface area contributed by atoms with Gasteiger partial charge < -0.3 is 10.2 Å². The van der Waals surface area contributed by atoms with Crippen molar-refractivity contribution in [2.75, 3.05) is 18.9 Å². The average Bonchev–Trinajstić information content (AvgIpc) is 2.99. The number of nitrogens with zero attached hydrogens (tertiary/aromatic N) is 2. The van der Waals surface area contributed by atoms with Gasteiger partial charge in [0.1, 0.15) is 17.5 Å². The predicted molar refractivity (Wildman–Crippen MR) is 97.2 cm³/mol. The van der Waals surface area contributed by atoms with E-state index >= 15 is 0 Å². The lowest BCUT2D eigenvalue weighted by Gasteiger charge is -2.11. The highest BCUT2D eigenvalue weighted by molar-refractivity contribution is 7.90. The number of halogens is 2. The van der Waals surface area contributed by atoms with E-state index in [0.29, 0.717) is 18.3 Å². The molecule has 2 aromatic rings. The Balaban J connectivity index is 1.76. The summed E-state index contributed by atoms with van der Waals surface area (Å²) in [4.78, 5) is 13.9. The fraction of sp³-hybridized carbons (Fsp3) is 0.222. The summed E-state index contributed by atoms with van der Waals surface area (Å²) in [7, 11) is -2.07. The number of carbonyl (C=O) groups excluding carboxylic acids is 1. The first kappa shape index (κ1) is 19.0. The second-order valence-corrected chi connectivity index (χ2v) is 7.71. The van der Waals surface area contributed by atoms with E-state index in [2.05, 4.69) is 9.71 Å². The van der Waals surface area contributed by atoms with Gasteiger partial charge >= 0.3 is 0 Å². The van der Waals surface area contributed by atoms with E-state index in [1.54, 1.807) is 11.9 Å². The maximum atomic E-state index is 13.7. The molecule has 1 amide bonds. The summed E-state index contributed by atoms with van der Waals surface area (Å²) in [6.07, 6.45) is 1.46. The fourth-order valence-electron chi connectivity index (χ4n) is 2.68. The number of benzene rings is 2. The van der Waals surface area contributed by atoms with Gasteiger partial charge in [-0.2, -0.15) is 8.42 Å². The van der Waals surface area contributed by atoms with Crippen LogP contribution in [0.4, 0.5) is 14.5 Å². The average molecular weight is 393 g/mol. The molecule has 9 heteroatoms. The first-order valence-electron chi connectivity index (χ1n) is 8.18. The monoisotopic (exact) mass is 393 g/mol. The molecule has 1 saturated heterocycles. The van der Waals surface area contributed by atoms with Crippen molar-refractivity contribution < 1.29 is 22.0 Å². The van der Waals surface area contributed by atoms with Crippen molar-refractivity contribution in [2.24, 2.45) is 4.40 Å². The van der Waals surface area contributed by atoms with Gasteiger partial charge in [-0.05, 0) is 42.8 Å². The second kappa shape index (κ2) is 7.43. The molecule has 1 heterocycles. The van der Waals surface area contributed by atoms with Crippen molar-refractivity contribution in [2.45, 2.75) is 17.7 Å². The van der Waals surface area contributed by atoms with Crippen LogP contribution in [0.2, 0.25) is 0 Å². The Labute approximate surface area is 155 Å². The molecule has 1 aliphatic heterocycles. The van der Waals surface area contributed by atoms with Gasteiger partial charge in [0.25, 0.3) is 15.9 Å². The summed E-state index contributed by atoms with van der Waals surface area (Å²) in [6, 6.07) is 8.01. The maximum absolute atomic E-state index is 13.7. The van der Waals surface area contributed by atoms with Crippen LogP contribution in [0.15, 0.2) is 51.8 Å². The number of amides is 1. The molecule has 0 unspecified atom stereocenters. The zero-order valence-electron chi connectivity index (χ0n) is 14.4. The van der Waals surface area contributed by atoms with Crippen LogP contribution >= 0.6 is 0 Å². The van der Waals surface area contributed by atoms with Gasteiger partial charge in [-0.1, -0.05) is 0 Å². The Bertz CT molecular complexity index is 1010. The second-order valence-electron chi connectivity index (χ2n) is 6.11. The minimum Gasteiger partial charge on any atom is -0.362 e. The first-order valence-corrected chi connectivity index (χ1v) is 9.62. The van der Waals surface area contributed by atoms with Crippen LogP contribution in [-0.4, -0.2) is 38.7 Å². The molecule has 0 saturated carbocycles. The lowest BCUT2D eigenvalue weighted by Crippen LogP contribution is -2.20. The lowest BCUT2D eigenvalue weighted by molar-refractivity contribution is 0.102. The Morgan fingerprint density at radius 2 is 1.85 bits per heavy atom. The molecule has 1 aliphatic rings. The molecule has 0 bridgehead atoms. The zero-order chi connectivity index (χ0) is 19.6. The summed E-state index contributed by atoms with van der Waals surface area (Å²) < 4.78 is 55.2. The van der Waals surface area contributed by atoms with E-state index in [1.165, 1.54) is 24.3 Å². The van der Waals surface area contributed by atoms with E-state index < -0.39 is 27.6 Å². The minimum atomic E-state index is -3.85. The quantitative estimate of drug-likeness (QED) is 0.866. The Morgan fingerprint density at radius 1 is 1.15 bits per heavy atom. The predicted octanol–water partition coefficient (Wildman–Crippen LogP) is 3.03. The van der Waals surface area contributed by atoms with E-state index in [1.807, 2.05) is 0 Å². The van der Waals surface area contributed by atoms with Crippen LogP contribution in [-0.2, 0) is 10.0 Å². The highest BCUT2D eigenvalue weighted by Gasteiger charge is 2.20. The summed E-state index contributed by atoms with van der Waals surface area (Å²) in [5.74, 6) is -2.02. The van der Waals surface area contributed by atoms with Crippen molar-refractivity contribution in [3.63, 3.8) is 0 Å². The number of nitrogens with one attached hydrogen (secondary N) is 1. The molecular weight excluding hydrogens is 376 g/mol. The van der Waals surface area contributed by atoms with E-state index in [0.717, 1.165) is 25.1 Å². The van der Waals surface area contributed by atoms with Crippen molar-refractivity contribution in [1.29, 1.82) is 0 Å². The van der Waals surface area contributed by atoms with Crippen molar-refractivity contribution >= 4 is 27.5 Å². The molecule has 2 aromatic carbocycles. The van der Waals surface area contributed by atoms with E-state index in [9.17, 15) is 22.0 Å². The van der Waals surface area contributed by atoms with Crippen LogP contribution in [0, 0.1) is 11.6 Å². The maximum Gasteiger partial charge on any atom is 0.283 e. The molecular formula is C18H17F2N3O3S. The van der Waals surface area contributed by atoms with Gasteiger partial charge in [-0.25, -0.2) is 8.78 Å². The number of hydrogen-bond donors (Lipinski definition) is 1. The minimum absolute atomic E-state index is 0.0127. The summed E-state index contributed by atoms with van der Waals surface area (Å²) >= 11 is 0. The van der Waals surface area contributed by atoms with Crippen LogP contribution in [0.3, 0.4) is 0 Å². The number of carbonyl (C=O) groups is 1. The van der Waals surface area contributed by atoms with Gasteiger partial charge in [-0.15, -0.1) is 4.40 Å². The topological polar surface area (TPSA) is 78.8 Å². The Hall–Kier alpha value is -2.81. The molecule has 0 aliphatic carbocycles. The first-order chi connectivity index (χ1) is 12.8. The van der Waals surface area contributed by atoms with Gasteiger partial charge in [0.05, 0.1) is 10.5 Å². The number of hydrogen-bond acceptors (Lipinski definition) is 3. The SMILES string of the molecule is CN1CCC/C1=N/S(=O)(=O)c1ccc(NC(=O)c2ccc(F)cc2F)cc1. The molecule has 3 rings (SSSR count). The number of likely N-dealkylation sites (tertiary alicyclic amines) is 1. The fourth-order valence-corrected chi connectivity index (χ4v) is 3.78. The molecule has 0 radical (unpaired) electrons. The van der Waals surface area contributed by atoms with Gasteiger partial charge in [0.2, 0.25) is 0 Å². The Morgan fingerprint density at radius 3 is 2.44 bits per heavy atom. The zero-order valence-corrected chi connectivity index (χ0v) is 15.3. The van der Waals surface area contributed by atoms with E-state index in [4.69, 9.17) is 0 Å². The highest BCUT2D eigenvalue weighted by atomic mass is 32.2. The number of amidine groups is 1. The summed E-state index contributed by atoms with van der Waals surface area (Å²) in [6.45, 7) is 0.763. The highest BCUT2D eigenvalue weighted by Crippen LogP contribution is 2.20. The van der Waals surface area contributed by atoms with Gasteiger partial charge in [-0.3, -0.25) is 4.79 Å². The molecule has 27 heavy (non-hydrogen) atoms. The normalized spacial score (nSPS) is 16.0. The number of sulfonamides is 1. The molecule has 1 N–H and O–H groups in total.